The molecule has 0 radical (unpaired) electrons. The van der Waals surface area contributed by atoms with Crippen LogP contribution in [-0.2, 0) is 7.05 Å². The Morgan fingerprint density at radius 1 is 1.67 bits per heavy atom. The highest BCUT2D eigenvalue weighted by molar-refractivity contribution is 5.93. The van der Waals surface area contributed by atoms with Crippen LogP contribution in [0, 0.1) is 5.41 Å². The second-order valence-corrected chi connectivity index (χ2v) is 4.45. The van der Waals surface area contributed by atoms with Gasteiger partial charge in [-0.05, 0) is 12.0 Å². The first-order valence-electron chi connectivity index (χ1n) is 4.91. The molecule has 15 heavy (non-hydrogen) atoms. The molecule has 5 heteroatoms. The highest BCUT2D eigenvalue weighted by Gasteiger charge is 2.17. The van der Waals surface area contributed by atoms with Crippen molar-refractivity contribution < 1.29 is 4.79 Å². The lowest BCUT2D eigenvalue weighted by molar-refractivity contribution is 0.0938. The summed E-state index contributed by atoms with van der Waals surface area (Å²) < 4.78 is 1.60. The van der Waals surface area contributed by atoms with Crippen molar-refractivity contribution in [2.45, 2.75) is 13.8 Å². The van der Waals surface area contributed by atoms with Crippen LogP contribution >= 0.6 is 0 Å². The second-order valence-electron chi connectivity index (χ2n) is 4.45. The number of nitrogens with one attached hydrogen (secondary N) is 1. The SMILES string of the molecule is Cn1cc(C(=O)NCC(C)(C)CN)cn1. The first-order valence-corrected chi connectivity index (χ1v) is 4.91. The lowest BCUT2D eigenvalue weighted by Gasteiger charge is -2.22. The number of carbonyl (C=O) groups is 1. The summed E-state index contributed by atoms with van der Waals surface area (Å²) in [6.45, 7) is 5.13. The Hall–Kier alpha value is -1.36. The van der Waals surface area contributed by atoms with E-state index in [1.807, 2.05) is 13.8 Å². The van der Waals surface area contributed by atoms with Gasteiger partial charge in [-0.3, -0.25) is 9.48 Å². The maximum absolute atomic E-state index is 11.6. The summed E-state index contributed by atoms with van der Waals surface area (Å²) in [5.74, 6) is -0.107. The van der Waals surface area contributed by atoms with E-state index < -0.39 is 0 Å². The fraction of sp³-hybridized carbons (Fsp3) is 0.600. The van der Waals surface area contributed by atoms with Crippen LogP contribution in [0.5, 0.6) is 0 Å². The van der Waals surface area contributed by atoms with Gasteiger partial charge in [0.25, 0.3) is 5.91 Å². The van der Waals surface area contributed by atoms with Crippen molar-refractivity contribution in [2.75, 3.05) is 13.1 Å². The summed E-state index contributed by atoms with van der Waals surface area (Å²) in [4.78, 5) is 11.6. The molecule has 1 amide bonds. The Labute approximate surface area is 89.6 Å². The first kappa shape index (κ1) is 11.7. The standard InChI is InChI=1S/C10H18N4O/c1-10(2,6-11)7-12-9(15)8-4-13-14(3)5-8/h4-5H,6-7,11H2,1-3H3,(H,12,15). The van der Waals surface area contributed by atoms with Crippen LogP contribution in [-0.4, -0.2) is 28.8 Å². The summed E-state index contributed by atoms with van der Waals surface area (Å²) in [6.07, 6.45) is 3.23. The minimum Gasteiger partial charge on any atom is -0.351 e. The molecule has 0 bridgehead atoms. The van der Waals surface area contributed by atoms with Gasteiger partial charge in [-0.25, -0.2) is 0 Å². The maximum Gasteiger partial charge on any atom is 0.254 e. The average Bonchev–Trinajstić information content (AvgIpc) is 2.61. The molecule has 0 atom stereocenters. The second kappa shape index (κ2) is 4.44. The topological polar surface area (TPSA) is 72.9 Å². The predicted molar refractivity (Wildman–Crippen MR) is 58.4 cm³/mol. The van der Waals surface area contributed by atoms with Crippen LogP contribution in [0.3, 0.4) is 0 Å². The zero-order valence-corrected chi connectivity index (χ0v) is 9.45. The van der Waals surface area contributed by atoms with Crippen molar-refractivity contribution in [2.24, 2.45) is 18.2 Å². The number of carbonyl (C=O) groups excluding carboxylic acids is 1. The molecular weight excluding hydrogens is 192 g/mol. The summed E-state index contributed by atoms with van der Waals surface area (Å²) in [7, 11) is 1.78. The van der Waals surface area contributed by atoms with Crippen LogP contribution in [0.25, 0.3) is 0 Å². The van der Waals surface area contributed by atoms with Crippen LogP contribution in [0.15, 0.2) is 12.4 Å². The molecule has 0 saturated heterocycles. The number of aromatic nitrogens is 2. The van der Waals surface area contributed by atoms with Crippen molar-refractivity contribution >= 4 is 5.91 Å². The number of nitrogens with zero attached hydrogens (tertiary/aromatic N) is 2. The van der Waals surface area contributed by atoms with E-state index in [1.54, 1.807) is 24.1 Å². The number of hydrogen-bond acceptors (Lipinski definition) is 3. The molecule has 0 aliphatic carbocycles. The van der Waals surface area contributed by atoms with Gasteiger partial charge in [-0.1, -0.05) is 13.8 Å². The Balaban J connectivity index is 2.50. The Morgan fingerprint density at radius 3 is 2.80 bits per heavy atom. The minimum absolute atomic E-state index is 0.0716. The molecule has 1 aromatic rings. The van der Waals surface area contributed by atoms with E-state index >= 15 is 0 Å². The predicted octanol–water partition coefficient (Wildman–Crippen LogP) is 0.135. The van der Waals surface area contributed by atoms with Crippen molar-refractivity contribution in [3.63, 3.8) is 0 Å². The quantitative estimate of drug-likeness (QED) is 0.742. The number of nitrogens with two attached hydrogens (primary N) is 1. The Kier molecular flexibility index (Phi) is 3.47. The third kappa shape index (κ3) is 3.36. The van der Waals surface area contributed by atoms with E-state index in [9.17, 15) is 4.79 Å². The van der Waals surface area contributed by atoms with Gasteiger partial charge in [-0.15, -0.1) is 0 Å². The molecule has 0 spiro atoms. The smallest absolute Gasteiger partial charge is 0.254 e. The van der Waals surface area contributed by atoms with E-state index in [-0.39, 0.29) is 11.3 Å². The fourth-order valence-electron chi connectivity index (χ4n) is 1.03. The fourth-order valence-corrected chi connectivity index (χ4v) is 1.03. The Bertz CT molecular complexity index is 343. The van der Waals surface area contributed by atoms with Gasteiger partial charge >= 0.3 is 0 Å². The van der Waals surface area contributed by atoms with Gasteiger partial charge < -0.3 is 11.1 Å². The molecule has 0 aromatic carbocycles. The monoisotopic (exact) mass is 210 g/mol. The van der Waals surface area contributed by atoms with Crippen molar-refractivity contribution in [1.82, 2.24) is 15.1 Å². The van der Waals surface area contributed by atoms with Crippen LogP contribution < -0.4 is 11.1 Å². The molecule has 1 heterocycles. The lowest BCUT2D eigenvalue weighted by atomic mass is 9.94. The normalized spacial score (nSPS) is 11.5. The first-order chi connectivity index (χ1) is 6.94. The summed E-state index contributed by atoms with van der Waals surface area (Å²) in [6, 6.07) is 0. The zero-order chi connectivity index (χ0) is 11.5. The number of amides is 1. The number of hydrogen-bond donors (Lipinski definition) is 2. The summed E-state index contributed by atoms with van der Waals surface area (Å²) in [5, 5.41) is 6.76. The summed E-state index contributed by atoms with van der Waals surface area (Å²) in [5.41, 5.74) is 6.07. The highest BCUT2D eigenvalue weighted by Crippen LogP contribution is 2.10. The molecule has 0 aliphatic heterocycles. The van der Waals surface area contributed by atoms with E-state index in [0.29, 0.717) is 18.7 Å². The molecule has 0 unspecified atom stereocenters. The number of aryl methyl sites for hydroxylation is 1. The van der Waals surface area contributed by atoms with E-state index in [1.165, 1.54) is 0 Å². The van der Waals surface area contributed by atoms with Gasteiger partial charge in [0.2, 0.25) is 0 Å². The summed E-state index contributed by atoms with van der Waals surface area (Å²) >= 11 is 0. The third-order valence-electron chi connectivity index (χ3n) is 2.25. The highest BCUT2D eigenvalue weighted by atomic mass is 16.1. The third-order valence-corrected chi connectivity index (χ3v) is 2.25. The molecule has 1 rings (SSSR count). The average molecular weight is 210 g/mol. The molecule has 0 fully saturated rings. The molecule has 1 aromatic heterocycles. The maximum atomic E-state index is 11.6. The van der Waals surface area contributed by atoms with Gasteiger partial charge in [0.15, 0.2) is 0 Å². The van der Waals surface area contributed by atoms with Gasteiger partial charge in [0.1, 0.15) is 0 Å². The Morgan fingerprint density at radius 2 is 2.33 bits per heavy atom. The molecular formula is C10H18N4O. The lowest BCUT2D eigenvalue weighted by Crippen LogP contribution is -2.38. The molecule has 3 N–H and O–H groups in total. The molecule has 5 nitrogen and oxygen atoms in total. The zero-order valence-electron chi connectivity index (χ0n) is 9.45. The van der Waals surface area contributed by atoms with Crippen LogP contribution in [0.2, 0.25) is 0 Å². The van der Waals surface area contributed by atoms with E-state index in [0.717, 1.165) is 0 Å². The van der Waals surface area contributed by atoms with Crippen LogP contribution in [0.4, 0.5) is 0 Å². The van der Waals surface area contributed by atoms with E-state index in [2.05, 4.69) is 10.4 Å². The molecule has 0 saturated carbocycles. The van der Waals surface area contributed by atoms with Gasteiger partial charge in [0, 0.05) is 19.8 Å². The number of rotatable bonds is 4. The van der Waals surface area contributed by atoms with Gasteiger partial charge in [0.05, 0.1) is 11.8 Å². The van der Waals surface area contributed by atoms with Crippen molar-refractivity contribution in [3.05, 3.63) is 18.0 Å². The van der Waals surface area contributed by atoms with Gasteiger partial charge in [-0.2, -0.15) is 5.10 Å². The largest absolute Gasteiger partial charge is 0.351 e. The van der Waals surface area contributed by atoms with Crippen LogP contribution in [0.1, 0.15) is 24.2 Å². The minimum atomic E-state index is -0.107. The molecule has 84 valence electrons. The van der Waals surface area contributed by atoms with Crippen molar-refractivity contribution in [3.8, 4) is 0 Å². The van der Waals surface area contributed by atoms with Crippen molar-refractivity contribution in [1.29, 1.82) is 0 Å². The molecule has 0 aliphatic rings. The van der Waals surface area contributed by atoms with E-state index in [4.69, 9.17) is 5.73 Å².